The number of hydrogen-bond donors (Lipinski definition) is 0. The third kappa shape index (κ3) is 6.01. The Kier molecular flexibility index (Phi) is 8.45. The molecule has 0 aliphatic heterocycles. The number of nitrogens with zero attached hydrogens (tertiary/aromatic N) is 5. The van der Waals surface area contributed by atoms with E-state index in [0.717, 1.165) is 22.4 Å². The predicted octanol–water partition coefficient (Wildman–Crippen LogP) is 6.35. The molecule has 0 spiro atoms. The molecule has 0 atom stereocenters. The van der Waals surface area contributed by atoms with Crippen molar-refractivity contribution in [3.63, 3.8) is 0 Å². The normalized spacial score (nSPS) is 11.7. The lowest BCUT2D eigenvalue weighted by Crippen LogP contribution is -2.25. The Morgan fingerprint density at radius 1 is 1.07 bits per heavy atom. The number of nitro benzene ring substituents is 1. The van der Waals surface area contributed by atoms with Gasteiger partial charge >= 0.3 is 11.9 Å². The van der Waals surface area contributed by atoms with E-state index in [4.69, 9.17) is 16.3 Å². The predicted molar refractivity (Wildman–Crippen MR) is 158 cm³/mol. The second-order valence-electron chi connectivity index (χ2n) is 9.77. The van der Waals surface area contributed by atoms with E-state index < -0.39 is 55.7 Å². The summed E-state index contributed by atoms with van der Waals surface area (Å²) in [5.74, 6) is -1.05. The molecule has 0 unspecified atom stereocenters. The van der Waals surface area contributed by atoms with Gasteiger partial charge < -0.3 is 4.74 Å². The first-order valence-electron chi connectivity index (χ1n) is 13.2. The van der Waals surface area contributed by atoms with E-state index >= 15 is 4.39 Å². The zero-order valence-corrected chi connectivity index (χ0v) is 24.1. The van der Waals surface area contributed by atoms with Gasteiger partial charge in [0, 0.05) is 29.8 Å². The number of pyridine rings is 1. The molecule has 2 aromatic heterocycles. The summed E-state index contributed by atoms with van der Waals surface area (Å²) in [7, 11) is 0. The third-order valence-electron chi connectivity index (χ3n) is 6.96. The fourth-order valence-corrected chi connectivity index (χ4v) is 5.06. The van der Waals surface area contributed by atoms with Crippen molar-refractivity contribution in [3.05, 3.63) is 132 Å². The van der Waals surface area contributed by atoms with E-state index in [-0.39, 0.29) is 42.0 Å². The standard InChI is InChI=1S/C30H22ClF4N5O5/c1-3-37-26(16-45-15-18-7-5-4-6-8-18)36-39(29(37)42)19-9-10-21-22(11-19)23(17(2)30(33,34)35)14-38(28(21)41)27-24(31)12-20(40(43)44)13-25(27)32/h4-14H,2-3,15-16H2,1H3. The van der Waals surface area contributed by atoms with Crippen LogP contribution in [-0.2, 0) is 24.5 Å². The van der Waals surface area contributed by atoms with Crippen LogP contribution in [0.25, 0.3) is 27.7 Å². The maximum absolute atomic E-state index is 15.0. The Hall–Kier alpha value is -5.08. The second kappa shape index (κ2) is 12.1. The fraction of sp³-hybridized carbons (Fsp3) is 0.167. The minimum Gasteiger partial charge on any atom is -0.369 e. The van der Waals surface area contributed by atoms with Crippen molar-refractivity contribution in [1.82, 2.24) is 18.9 Å². The molecule has 5 aromatic rings. The van der Waals surface area contributed by atoms with Crippen molar-refractivity contribution in [2.75, 3.05) is 0 Å². The molecule has 0 saturated carbocycles. The van der Waals surface area contributed by atoms with Gasteiger partial charge in [-0.2, -0.15) is 17.9 Å². The smallest absolute Gasteiger partial charge is 0.369 e. The number of halogens is 5. The third-order valence-corrected chi connectivity index (χ3v) is 7.25. The summed E-state index contributed by atoms with van der Waals surface area (Å²) in [5.41, 5.74) is -4.05. The molecule has 0 amide bonds. The molecular weight excluding hydrogens is 622 g/mol. The molecule has 2 heterocycles. The van der Waals surface area contributed by atoms with Crippen LogP contribution in [0.5, 0.6) is 0 Å². The number of allylic oxidation sites excluding steroid dienone is 1. The van der Waals surface area contributed by atoms with Gasteiger partial charge in [-0.1, -0.05) is 48.5 Å². The molecule has 3 aromatic carbocycles. The average Bonchev–Trinajstić information content (AvgIpc) is 3.32. The summed E-state index contributed by atoms with van der Waals surface area (Å²) in [5, 5.41) is 14.3. The average molecular weight is 644 g/mol. The SMILES string of the molecule is C=C(c1cn(-c2c(F)cc([N+](=O)[O-])cc2Cl)c(=O)c2ccc(-n3nc(COCc4ccccc4)n(CC)c3=O)cc12)C(F)(F)F. The zero-order valence-electron chi connectivity index (χ0n) is 23.3. The first kappa shape index (κ1) is 31.3. The molecule has 0 N–H and O–H groups in total. The number of aromatic nitrogens is 4. The Labute approximate surface area is 256 Å². The number of nitro groups is 1. The highest BCUT2D eigenvalue weighted by Crippen LogP contribution is 2.37. The topological polar surface area (TPSA) is 114 Å². The summed E-state index contributed by atoms with van der Waals surface area (Å²) < 4.78 is 65.6. The zero-order chi connectivity index (χ0) is 32.6. The van der Waals surface area contributed by atoms with Gasteiger partial charge in [-0.25, -0.2) is 9.18 Å². The van der Waals surface area contributed by atoms with Crippen LogP contribution in [-0.4, -0.2) is 30.0 Å². The fourth-order valence-electron chi connectivity index (χ4n) is 4.77. The molecule has 0 bridgehead atoms. The lowest BCUT2D eigenvalue weighted by Gasteiger charge is -2.17. The monoisotopic (exact) mass is 643 g/mol. The minimum absolute atomic E-state index is 0.0388. The minimum atomic E-state index is -4.98. The summed E-state index contributed by atoms with van der Waals surface area (Å²) in [6.07, 6.45) is -4.27. The lowest BCUT2D eigenvalue weighted by atomic mass is 10.0. The Morgan fingerprint density at radius 2 is 1.78 bits per heavy atom. The summed E-state index contributed by atoms with van der Waals surface area (Å²) in [6, 6.07) is 14.2. The molecule has 15 heteroatoms. The van der Waals surface area contributed by atoms with Gasteiger partial charge in [0.25, 0.3) is 11.2 Å². The number of benzene rings is 3. The van der Waals surface area contributed by atoms with Crippen molar-refractivity contribution in [2.24, 2.45) is 0 Å². The van der Waals surface area contributed by atoms with Crippen LogP contribution >= 0.6 is 11.6 Å². The Morgan fingerprint density at radius 3 is 2.40 bits per heavy atom. The summed E-state index contributed by atoms with van der Waals surface area (Å²) in [6.45, 7) is 5.28. The van der Waals surface area contributed by atoms with Crippen molar-refractivity contribution < 1.29 is 27.2 Å². The van der Waals surface area contributed by atoms with Crippen LogP contribution in [0, 0.1) is 15.9 Å². The van der Waals surface area contributed by atoms with Crippen LogP contribution in [0.2, 0.25) is 5.02 Å². The summed E-state index contributed by atoms with van der Waals surface area (Å²) >= 11 is 6.08. The lowest BCUT2D eigenvalue weighted by molar-refractivity contribution is -0.385. The molecule has 0 saturated heterocycles. The van der Waals surface area contributed by atoms with Crippen molar-refractivity contribution in [2.45, 2.75) is 32.9 Å². The Bertz CT molecular complexity index is 2060. The molecule has 0 aliphatic carbocycles. The van der Waals surface area contributed by atoms with Crippen LogP contribution in [0.3, 0.4) is 0 Å². The number of rotatable bonds is 9. The molecule has 232 valence electrons. The van der Waals surface area contributed by atoms with Gasteiger partial charge in [0.2, 0.25) is 0 Å². The van der Waals surface area contributed by atoms with Crippen LogP contribution < -0.4 is 11.2 Å². The molecule has 0 fully saturated rings. The van der Waals surface area contributed by atoms with Crippen molar-refractivity contribution in [1.29, 1.82) is 0 Å². The van der Waals surface area contributed by atoms with E-state index in [9.17, 15) is 32.9 Å². The number of hydrogen-bond acceptors (Lipinski definition) is 6. The van der Waals surface area contributed by atoms with Gasteiger partial charge in [0.15, 0.2) is 11.6 Å². The van der Waals surface area contributed by atoms with Gasteiger partial charge in [-0.3, -0.25) is 24.0 Å². The quantitative estimate of drug-likeness (QED) is 0.105. The highest BCUT2D eigenvalue weighted by Gasteiger charge is 2.35. The number of ether oxygens (including phenoxy) is 1. The molecule has 5 rings (SSSR count). The van der Waals surface area contributed by atoms with Crippen LogP contribution in [0.4, 0.5) is 23.2 Å². The molecule has 0 radical (unpaired) electrons. The van der Waals surface area contributed by atoms with Gasteiger partial charge in [0.05, 0.1) is 33.9 Å². The van der Waals surface area contributed by atoms with Crippen LogP contribution in [0.1, 0.15) is 23.9 Å². The van der Waals surface area contributed by atoms with Gasteiger partial charge in [0.1, 0.15) is 12.3 Å². The van der Waals surface area contributed by atoms with E-state index in [2.05, 4.69) is 11.7 Å². The molecule has 0 aliphatic rings. The first-order chi connectivity index (χ1) is 21.3. The largest absolute Gasteiger partial charge is 0.416 e. The second-order valence-corrected chi connectivity index (χ2v) is 10.2. The molecule has 10 nitrogen and oxygen atoms in total. The van der Waals surface area contributed by atoms with Crippen molar-refractivity contribution in [3.8, 4) is 11.4 Å². The number of alkyl halides is 3. The highest BCUT2D eigenvalue weighted by atomic mass is 35.5. The highest BCUT2D eigenvalue weighted by molar-refractivity contribution is 6.32. The maximum Gasteiger partial charge on any atom is 0.416 e. The van der Waals surface area contributed by atoms with Crippen LogP contribution in [0.15, 0.2) is 83.0 Å². The maximum atomic E-state index is 15.0. The summed E-state index contributed by atoms with van der Waals surface area (Å²) in [4.78, 5) is 37.0. The van der Waals surface area contributed by atoms with Gasteiger partial charge in [-0.05, 0) is 36.1 Å². The molecular formula is C30H22ClF4N5O5. The first-order valence-corrected chi connectivity index (χ1v) is 13.6. The molecule has 45 heavy (non-hydrogen) atoms. The number of fused-ring (bicyclic) bond motifs is 1. The van der Waals surface area contributed by atoms with E-state index in [1.165, 1.54) is 16.7 Å². The van der Waals surface area contributed by atoms with E-state index in [1.807, 2.05) is 30.3 Å². The van der Waals surface area contributed by atoms with Crippen molar-refractivity contribution >= 4 is 33.6 Å². The van der Waals surface area contributed by atoms with E-state index in [0.29, 0.717) is 16.8 Å². The van der Waals surface area contributed by atoms with E-state index in [1.54, 1.807) is 6.92 Å². The van der Waals surface area contributed by atoms with Gasteiger partial charge in [-0.15, -0.1) is 5.10 Å². The Balaban J connectivity index is 1.65. The number of non-ortho nitro benzene ring substituents is 1.